The van der Waals surface area contributed by atoms with Crippen molar-refractivity contribution < 1.29 is 52.8 Å². The molecule has 0 aliphatic rings. The van der Waals surface area contributed by atoms with Gasteiger partial charge in [0.25, 0.3) is 0 Å². The van der Waals surface area contributed by atoms with E-state index in [1.54, 1.807) is 0 Å². The SMILES string of the molecule is [Ho+3].[O-]B([O-])[O-]. The van der Waals surface area contributed by atoms with Gasteiger partial charge in [-0.2, -0.15) is 0 Å². The summed E-state index contributed by atoms with van der Waals surface area (Å²) in [5, 5.41) is 25.2. The van der Waals surface area contributed by atoms with Gasteiger partial charge in [-0.25, -0.2) is 0 Å². The fourth-order valence-corrected chi connectivity index (χ4v) is 0. The van der Waals surface area contributed by atoms with Crippen LogP contribution in [-0.4, -0.2) is 7.32 Å². The third-order valence-corrected chi connectivity index (χ3v) is 0. The van der Waals surface area contributed by atoms with Crippen molar-refractivity contribution in [3.8, 4) is 0 Å². The predicted molar refractivity (Wildman–Crippen MR) is 5.75 cm³/mol. The molecule has 0 aliphatic carbocycles. The smallest absolute Gasteiger partial charge is 0.907 e. The molecule has 3 nitrogen and oxygen atoms in total. The zero-order chi connectivity index (χ0) is 3.58. The molecular formula is BHoO3. The Kier molecular flexibility index (Phi) is 9.90. The molecule has 0 saturated carbocycles. The van der Waals surface area contributed by atoms with Gasteiger partial charge in [0.1, 0.15) is 0 Å². The normalized spacial score (nSPS) is 5.40. The fraction of sp³-hybridized carbons (Fsp3) is 0. The van der Waals surface area contributed by atoms with Crippen molar-refractivity contribution in [1.82, 2.24) is 0 Å². The molecule has 0 N–H and O–H groups in total. The summed E-state index contributed by atoms with van der Waals surface area (Å²) in [7, 11) is -2.92. The molecule has 5 heteroatoms. The van der Waals surface area contributed by atoms with Gasteiger partial charge in [-0.1, -0.05) is 0 Å². The first-order chi connectivity index (χ1) is 1.73. The van der Waals surface area contributed by atoms with E-state index in [2.05, 4.69) is 0 Å². The number of hydrogen-bond acceptors (Lipinski definition) is 3. The van der Waals surface area contributed by atoms with E-state index in [1.165, 1.54) is 0 Å². The maximum Gasteiger partial charge on any atom is 3.00 e. The maximum absolute atomic E-state index is 8.42. The maximum atomic E-state index is 8.42. The minimum atomic E-state index is -2.92. The molecule has 5 heavy (non-hydrogen) atoms. The van der Waals surface area contributed by atoms with Crippen molar-refractivity contribution in [3.63, 3.8) is 0 Å². The van der Waals surface area contributed by atoms with E-state index in [0.29, 0.717) is 0 Å². The van der Waals surface area contributed by atoms with E-state index in [0.717, 1.165) is 0 Å². The van der Waals surface area contributed by atoms with Crippen molar-refractivity contribution in [2.75, 3.05) is 0 Å². The van der Waals surface area contributed by atoms with Crippen LogP contribution in [0.4, 0.5) is 0 Å². The minimum absolute atomic E-state index is 0. The molecule has 0 fully saturated rings. The zero-order valence-corrected chi connectivity index (χ0v) is 4.04. The van der Waals surface area contributed by atoms with Gasteiger partial charge < -0.3 is 15.1 Å². The summed E-state index contributed by atoms with van der Waals surface area (Å²) in [6, 6.07) is 0. The van der Waals surface area contributed by atoms with Crippen molar-refractivity contribution in [2.45, 2.75) is 0 Å². The fourth-order valence-electron chi connectivity index (χ4n) is 0. The molecule has 32 valence electrons. The topological polar surface area (TPSA) is 69.2 Å². The van der Waals surface area contributed by atoms with Crippen molar-refractivity contribution in [2.24, 2.45) is 0 Å². The molecule has 0 atom stereocenters. The summed E-state index contributed by atoms with van der Waals surface area (Å²) in [5.74, 6) is 0. The van der Waals surface area contributed by atoms with E-state index in [4.69, 9.17) is 15.1 Å². The van der Waals surface area contributed by atoms with E-state index in [-0.39, 0.29) is 37.7 Å². The molecule has 0 radical (unpaired) electrons. The Morgan fingerprint density at radius 3 is 1.00 bits per heavy atom. The first kappa shape index (κ1) is 9.51. The Hall–Kier alpha value is 1.20. The summed E-state index contributed by atoms with van der Waals surface area (Å²) >= 11 is 0. The summed E-state index contributed by atoms with van der Waals surface area (Å²) in [6.45, 7) is 0. The summed E-state index contributed by atoms with van der Waals surface area (Å²) in [6.07, 6.45) is 0. The molecule has 0 bridgehead atoms. The van der Waals surface area contributed by atoms with Crippen LogP contribution >= 0.6 is 0 Å². The van der Waals surface area contributed by atoms with E-state index < -0.39 is 7.32 Å². The Labute approximate surface area is 59.8 Å². The monoisotopic (exact) mass is 224 g/mol. The standard InChI is InChI=1S/BO3.Ho/c2-1(3)4;/q-3;+3. The Balaban J connectivity index is 0. The van der Waals surface area contributed by atoms with Gasteiger partial charge in [-0.3, -0.25) is 7.32 Å². The Morgan fingerprint density at radius 1 is 1.00 bits per heavy atom. The molecule has 0 spiro atoms. The van der Waals surface area contributed by atoms with E-state index >= 15 is 0 Å². The quantitative estimate of drug-likeness (QED) is 0.394. The molecule has 0 aromatic carbocycles. The van der Waals surface area contributed by atoms with Crippen LogP contribution in [0.3, 0.4) is 0 Å². The van der Waals surface area contributed by atoms with Crippen LogP contribution in [0.15, 0.2) is 0 Å². The molecule has 0 aromatic heterocycles. The molecule has 0 saturated heterocycles. The van der Waals surface area contributed by atoms with Gasteiger partial charge in [0.2, 0.25) is 0 Å². The van der Waals surface area contributed by atoms with Crippen LogP contribution in [0.1, 0.15) is 0 Å². The average molecular weight is 224 g/mol. The van der Waals surface area contributed by atoms with Crippen molar-refractivity contribution in [3.05, 3.63) is 0 Å². The van der Waals surface area contributed by atoms with Gasteiger partial charge in [0.15, 0.2) is 0 Å². The van der Waals surface area contributed by atoms with Crippen LogP contribution in [0.5, 0.6) is 0 Å². The Morgan fingerprint density at radius 2 is 1.00 bits per heavy atom. The largest absolute Gasteiger partial charge is 3.00 e. The number of rotatable bonds is 0. The zero-order valence-electron chi connectivity index (χ0n) is 2.10. The third kappa shape index (κ3) is 36.8. The molecule has 0 unspecified atom stereocenters. The average Bonchev–Trinajstić information content (AvgIpc) is 0.811. The van der Waals surface area contributed by atoms with E-state index in [9.17, 15) is 0 Å². The van der Waals surface area contributed by atoms with E-state index in [1.807, 2.05) is 0 Å². The summed E-state index contributed by atoms with van der Waals surface area (Å²) in [4.78, 5) is 0. The second-order valence-corrected chi connectivity index (χ2v) is 0.289. The molecule has 0 aliphatic heterocycles. The van der Waals surface area contributed by atoms with Crippen LogP contribution in [0, 0.1) is 37.7 Å². The van der Waals surface area contributed by atoms with Crippen molar-refractivity contribution in [1.29, 1.82) is 0 Å². The second-order valence-electron chi connectivity index (χ2n) is 0.289. The first-order valence-electron chi connectivity index (χ1n) is 0.707. The molecule has 0 amide bonds. The summed E-state index contributed by atoms with van der Waals surface area (Å²) < 4.78 is 0. The second kappa shape index (κ2) is 5.20. The summed E-state index contributed by atoms with van der Waals surface area (Å²) in [5.41, 5.74) is 0. The molecule has 0 aromatic rings. The van der Waals surface area contributed by atoms with Gasteiger partial charge in [-0.15, -0.1) is 0 Å². The van der Waals surface area contributed by atoms with Crippen LogP contribution in [0.2, 0.25) is 0 Å². The minimum Gasteiger partial charge on any atom is -0.907 e. The van der Waals surface area contributed by atoms with Gasteiger partial charge in [0.05, 0.1) is 0 Å². The van der Waals surface area contributed by atoms with Crippen molar-refractivity contribution >= 4 is 7.32 Å². The van der Waals surface area contributed by atoms with Crippen LogP contribution < -0.4 is 15.1 Å². The Bertz CT molecular complexity index is 11.6. The van der Waals surface area contributed by atoms with Gasteiger partial charge in [-0.05, 0) is 0 Å². The van der Waals surface area contributed by atoms with Gasteiger partial charge >= 0.3 is 37.7 Å². The van der Waals surface area contributed by atoms with Crippen LogP contribution in [-0.2, 0) is 0 Å². The van der Waals surface area contributed by atoms with Gasteiger partial charge in [0, 0.05) is 0 Å². The molecule has 0 rings (SSSR count). The first-order valence-corrected chi connectivity index (χ1v) is 0.707. The number of hydrogen-bond donors (Lipinski definition) is 0. The van der Waals surface area contributed by atoms with Crippen LogP contribution in [0.25, 0.3) is 0 Å². The molecule has 0 heterocycles. The molecular weight excluding hydrogens is 224 g/mol. The predicted octanol–water partition coefficient (Wildman–Crippen LogP) is -3.95. The third-order valence-electron chi connectivity index (χ3n) is 0.